The molecule has 1 saturated carbocycles. The molecule has 1 aliphatic carbocycles. The highest BCUT2D eigenvalue weighted by molar-refractivity contribution is 5.79. The van der Waals surface area contributed by atoms with Crippen molar-refractivity contribution in [3.63, 3.8) is 0 Å². The molecule has 0 unspecified atom stereocenters. The summed E-state index contributed by atoms with van der Waals surface area (Å²) in [6.07, 6.45) is 5.18. The average molecular weight is 284 g/mol. The Morgan fingerprint density at radius 2 is 2.00 bits per heavy atom. The molecule has 0 spiro atoms. The van der Waals surface area contributed by atoms with Crippen molar-refractivity contribution in [2.24, 2.45) is 0 Å². The Morgan fingerprint density at radius 3 is 2.71 bits per heavy atom. The SMILES string of the molecule is Cc1ccc(Cn2cc(C3CCC(=O)CC3)nn2)c(C)n1. The van der Waals surface area contributed by atoms with Crippen molar-refractivity contribution >= 4 is 5.78 Å². The van der Waals surface area contributed by atoms with Gasteiger partial charge < -0.3 is 0 Å². The standard InChI is InChI=1S/C16H20N4O/c1-11-3-4-14(12(2)17-11)9-20-10-16(18-19-20)13-5-7-15(21)8-6-13/h3-4,10,13H,5-9H2,1-2H3. The van der Waals surface area contributed by atoms with Crippen LogP contribution in [0.5, 0.6) is 0 Å². The number of carbonyl (C=O) groups is 1. The van der Waals surface area contributed by atoms with Crippen LogP contribution in [-0.4, -0.2) is 25.8 Å². The van der Waals surface area contributed by atoms with E-state index in [2.05, 4.69) is 21.4 Å². The monoisotopic (exact) mass is 284 g/mol. The first-order valence-electron chi connectivity index (χ1n) is 7.46. The van der Waals surface area contributed by atoms with Gasteiger partial charge in [0.1, 0.15) is 5.78 Å². The Hall–Kier alpha value is -2.04. The number of hydrogen-bond acceptors (Lipinski definition) is 4. The van der Waals surface area contributed by atoms with Crippen LogP contribution >= 0.6 is 0 Å². The lowest BCUT2D eigenvalue weighted by atomic mass is 9.86. The number of hydrogen-bond donors (Lipinski definition) is 0. The van der Waals surface area contributed by atoms with Crippen LogP contribution in [0, 0.1) is 13.8 Å². The molecule has 5 nitrogen and oxygen atoms in total. The van der Waals surface area contributed by atoms with Gasteiger partial charge in [-0.3, -0.25) is 9.78 Å². The Balaban J connectivity index is 1.71. The molecule has 0 radical (unpaired) electrons. The molecule has 0 atom stereocenters. The van der Waals surface area contributed by atoms with Gasteiger partial charge in [0.25, 0.3) is 0 Å². The van der Waals surface area contributed by atoms with Crippen LogP contribution < -0.4 is 0 Å². The minimum Gasteiger partial charge on any atom is -0.300 e. The third-order valence-electron chi connectivity index (χ3n) is 4.18. The predicted octanol–water partition coefficient (Wildman–Crippen LogP) is 2.56. The smallest absolute Gasteiger partial charge is 0.132 e. The van der Waals surface area contributed by atoms with Gasteiger partial charge in [-0.25, -0.2) is 4.68 Å². The molecule has 1 aliphatic rings. The van der Waals surface area contributed by atoms with Crippen molar-refractivity contribution in [2.45, 2.75) is 52.0 Å². The van der Waals surface area contributed by atoms with Crippen molar-refractivity contribution < 1.29 is 4.79 Å². The Morgan fingerprint density at radius 1 is 1.24 bits per heavy atom. The van der Waals surface area contributed by atoms with Gasteiger partial charge in [-0.05, 0) is 38.3 Å². The lowest BCUT2D eigenvalue weighted by Gasteiger charge is -2.17. The quantitative estimate of drug-likeness (QED) is 0.869. The molecule has 0 aliphatic heterocycles. The maximum absolute atomic E-state index is 11.3. The van der Waals surface area contributed by atoms with E-state index in [0.717, 1.165) is 35.5 Å². The zero-order valence-electron chi connectivity index (χ0n) is 12.5. The summed E-state index contributed by atoms with van der Waals surface area (Å²) in [6.45, 7) is 4.71. The molecule has 0 aromatic carbocycles. The molecular formula is C16H20N4O. The Labute approximate surface area is 124 Å². The Kier molecular flexibility index (Phi) is 3.82. The molecule has 0 bridgehead atoms. The molecule has 21 heavy (non-hydrogen) atoms. The fraction of sp³-hybridized carbons (Fsp3) is 0.500. The summed E-state index contributed by atoms with van der Waals surface area (Å²) in [7, 11) is 0. The van der Waals surface area contributed by atoms with Crippen molar-refractivity contribution in [1.29, 1.82) is 0 Å². The van der Waals surface area contributed by atoms with E-state index in [1.54, 1.807) is 0 Å². The minimum absolute atomic E-state index is 0.375. The van der Waals surface area contributed by atoms with E-state index >= 15 is 0 Å². The van der Waals surface area contributed by atoms with E-state index in [9.17, 15) is 4.79 Å². The molecule has 0 saturated heterocycles. The minimum atomic E-state index is 0.375. The number of aromatic nitrogens is 4. The van der Waals surface area contributed by atoms with Crippen LogP contribution in [-0.2, 0) is 11.3 Å². The highest BCUT2D eigenvalue weighted by Crippen LogP contribution is 2.29. The van der Waals surface area contributed by atoms with Gasteiger partial charge in [0.05, 0.1) is 12.2 Å². The molecule has 0 amide bonds. The van der Waals surface area contributed by atoms with E-state index in [1.165, 1.54) is 0 Å². The lowest BCUT2D eigenvalue weighted by Crippen LogP contribution is -2.12. The maximum Gasteiger partial charge on any atom is 0.132 e. The third-order valence-corrected chi connectivity index (χ3v) is 4.18. The fourth-order valence-electron chi connectivity index (χ4n) is 2.87. The summed E-state index contributed by atoms with van der Waals surface area (Å²) in [5.41, 5.74) is 4.24. The van der Waals surface area contributed by atoms with Gasteiger partial charge in [0.15, 0.2) is 0 Å². The molecule has 2 aromatic rings. The van der Waals surface area contributed by atoms with E-state index in [0.29, 0.717) is 31.1 Å². The number of aryl methyl sites for hydroxylation is 2. The van der Waals surface area contributed by atoms with Gasteiger partial charge >= 0.3 is 0 Å². The summed E-state index contributed by atoms with van der Waals surface area (Å²) in [4.78, 5) is 15.8. The zero-order valence-corrected chi connectivity index (χ0v) is 12.5. The molecule has 2 heterocycles. The lowest BCUT2D eigenvalue weighted by molar-refractivity contribution is -0.120. The van der Waals surface area contributed by atoms with Gasteiger partial charge in [0, 0.05) is 36.3 Å². The number of pyridine rings is 1. The van der Waals surface area contributed by atoms with E-state index in [-0.39, 0.29) is 0 Å². The van der Waals surface area contributed by atoms with Crippen LogP contribution in [0.4, 0.5) is 0 Å². The van der Waals surface area contributed by atoms with E-state index < -0.39 is 0 Å². The first-order chi connectivity index (χ1) is 10.1. The van der Waals surface area contributed by atoms with Crippen LogP contribution in [0.3, 0.4) is 0 Å². The van der Waals surface area contributed by atoms with Crippen molar-refractivity contribution in [3.05, 3.63) is 41.0 Å². The van der Waals surface area contributed by atoms with Gasteiger partial charge in [-0.1, -0.05) is 11.3 Å². The molecule has 5 heteroatoms. The summed E-state index contributed by atoms with van der Waals surface area (Å²) in [6, 6.07) is 4.12. The molecule has 1 fully saturated rings. The Bertz CT molecular complexity index is 652. The van der Waals surface area contributed by atoms with Crippen LogP contribution in [0.15, 0.2) is 18.3 Å². The first-order valence-corrected chi connectivity index (χ1v) is 7.46. The highest BCUT2D eigenvalue weighted by atomic mass is 16.1. The van der Waals surface area contributed by atoms with E-state index in [1.807, 2.05) is 30.8 Å². The molecule has 0 N–H and O–H groups in total. The van der Waals surface area contributed by atoms with Crippen molar-refractivity contribution in [1.82, 2.24) is 20.0 Å². The van der Waals surface area contributed by atoms with Gasteiger partial charge in [-0.2, -0.15) is 0 Å². The summed E-state index contributed by atoms with van der Waals surface area (Å²) in [5, 5.41) is 8.51. The van der Waals surface area contributed by atoms with Gasteiger partial charge in [0.2, 0.25) is 0 Å². The summed E-state index contributed by atoms with van der Waals surface area (Å²) in [5.74, 6) is 0.758. The van der Waals surface area contributed by atoms with Crippen LogP contribution in [0.1, 0.15) is 54.2 Å². The topological polar surface area (TPSA) is 60.7 Å². The third kappa shape index (κ3) is 3.17. The molecule has 2 aromatic heterocycles. The molecular weight excluding hydrogens is 264 g/mol. The number of carbonyl (C=O) groups excluding carboxylic acids is 1. The fourth-order valence-corrected chi connectivity index (χ4v) is 2.87. The van der Waals surface area contributed by atoms with Crippen molar-refractivity contribution in [2.75, 3.05) is 0 Å². The van der Waals surface area contributed by atoms with Crippen LogP contribution in [0.2, 0.25) is 0 Å². The van der Waals surface area contributed by atoms with Crippen molar-refractivity contribution in [3.8, 4) is 0 Å². The zero-order chi connectivity index (χ0) is 14.8. The number of ketones is 1. The first kappa shape index (κ1) is 13.9. The average Bonchev–Trinajstić information content (AvgIpc) is 2.91. The number of rotatable bonds is 3. The summed E-state index contributed by atoms with van der Waals surface area (Å²) < 4.78 is 1.87. The largest absolute Gasteiger partial charge is 0.300 e. The highest BCUT2D eigenvalue weighted by Gasteiger charge is 2.22. The second kappa shape index (κ2) is 5.76. The van der Waals surface area contributed by atoms with Gasteiger partial charge in [-0.15, -0.1) is 5.10 Å². The summed E-state index contributed by atoms with van der Waals surface area (Å²) >= 11 is 0. The second-order valence-electron chi connectivity index (χ2n) is 5.85. The number of Topliss-reactive ketones (excluding diaryl/α,β-unsaturated/α-hetero) is 1. The van der Waals surface area contributed by atoms with E-state index in [4.69, 9.17) is 0 Å². The molecule has 3 rings (SSSR count). The predicted molar refractivity (Wildman–Crippen MR) is 79.1 cm³/mol. The van der Waals surface area contributed by atoms with Crippen LogP contribution in [0.25, 0.3) is 0 Å². The molecule has 110 valence electrons. The number of nitrogens with zero attached hydrogens (tertiary/aromatic N) is 4. The second-order valence-corrected chi connectivity index (χ2v) is 5.85. The maximum atomic E-state index is 11.3. The normalized spacial score (nSPS) is 16.4.